The summed E-state index contributed by atoms with van der Waals surface area (Å²) in [5, 5.41) is 10.8. The van der Waals surface area contributed by atoms with Crippen LogP contribution in [0.4, 0.5) is 11.5 Å². The van der Waals surface area contributed by atoms with Gasteiger partial charge in [0.2, 0.25) is 0 Å². The summed E-state index contributed by atoms with van der Waals surface area (Å²) < 4.78 is 5.35. The number of nitrogen functional groups attached to an aromatic ring is 1. The highest BCUT2D eigenvalue weighted by Crippen LogP contribution is 2.25. The number of nitro groups is 1. The number of nitrogens with zero attached hydrogens (tertiary/aromatic N) is 3. The SMILES string of the molecule is Cc1ncsc1CCOc1nc(N)ccc1[N+](=O)[O-]. The van der Waals surface area contributed by atoms with Crippen LogP contribution in [0.2, 0.25) is 0 Å². The zero-order valence-electron chi connectivity index (χ0n) is 10.2. The molecular formula is C11H12N4O3S. The van der Waals surface area contributed by atoms with Crippen molar-refractivity contribution in [1.82, 2.24) is 9.97 Å². The van der Waals surface area contributed by atoms with E-state index in [9.17, 15) is 10.1 Å². The van der Waals surface area contributed by atoms with Crippen LogP contribution in [-0.2, 0) is 6.42 Å². The van der Waals surface area contributed by atoms with Gasteiger partial charge in [0.1, 0.15) is 5.82 Å². The summed E-state index contributed by atoms with van der Waals surface area (Å²) in [5.74, 6) is 0.140. The van der Waals surface area contributed by atoms with Crippen LogP contribution in [0.25, 0.3) is 0 Å². The highest BCUT2D eigenvalue weighted by molar-refractivity contribution is 7.09. The molecule has 0 unspecified atom stereocenters. The number of ether oxygens (including phenoxy) is 1. The van der Waals surface area contributed by atoms with Crippen LogP contribution < -0.4 is 10.5 Å². The van der Waals surface area contributed by atoms with Crippen LogP contribution in [0.3, 0.4) is 0 Å². The molecule has 8 heteroatoms. The van der Waals surface area contributed by atoms with Gasteiger partial charge >= 0.3 is 5.69 Å². The molecule has 0 aliphatic rings. The Morgan fingerprint density at radius 1 is 1.53 bits per heavy atom. The summed E-state index contributed by atoms with van der Waals surface area (Å²) in [4.78, 5) is 19.3. The number of hydrogen-bond donors (Lipinski definition) is 1. The van der Waals surface area contributed by atoms with E-state index in [2.05, 4.69) is 9.97 Å². The molecule has 2 heterocycles. The molecule has 100 valence electrons. The lowest BCUT2D eigenvalue weighted by Crippen LogP contribution is -2.06. The molecule has 0 fully saturated rings. The first kappa shape index (κ1) is 13.2. The average molecular weight is 280 g/mol. The number of aromatic nitrogens is 2. The van der Waals surface area contributed by atoms with Gasteiger partial charge < -0.3 is 10.5 Å². The van der Waals surface area contributed by atoms with E-state index in [1.54, 1.807) is 5.51 Å². The quantitative estimate of drug-likeness (QED) is 0.663. The second-order valence-electron chi connectivity index (χ2n) is 3.78. The van der Waals surface area contributed by atoms with Crippen molar-refractivity contribution in [3.05, 3.63) is 38.3 Å². The van der Waals surface area contributed by atoms with Gasteiger partial charge in [-0.05, 0) is 13.0 Å². The molecule has 19 heavy (non-hydrogen) atoms. The number of anilines is 1. The van der Waals surface area contributed by atoms with Crippen molar-refractivity contribution in [3.63, 3.8) is 0 Å². The van der Waals surface area contributed by atoms with Crippen molar-refractivity contribution in [2.24, 2.45) is 0 Å². The Morgan fingerprint density at radius 2 is 2.32 bits per heavy atom. The van der Waals surface area contributed by atoms with Crippen molar-refractivity contribution in [2.45, 2.75) is 13.3 Å². The van der Waals surface area contributed by atoms with E-state index in [4.69, 9.17) is 10.5 Å². The maximum Gasteiger partial charge on any atom is 0.331 e. The molecule has 2 aromatic heterocycles. The van der Waals surface area contributed by atoms with E-state index < -0.39 is 4.92 Å². The minimum Gasteiger partial charge on any atom is -0.472 e. The Morgan fingerprint density at radius 3 is 2.95 bits per heavy atom. The largest absolute Gasteiger partial charge is 0.472 e. The van der Waals surface area contributed by atoms with Gasteiger partial charge in [0.05, 0.1) is 22.7 Å². The van der Waals surface area contributed by atoms with Crippen molar-refractivity contribution < 1.29 is 9.66 Å². The number of thiazole rings is 1. The molecule has 0 saturated carbocycles. The molecule has 2 N–H and O–H groups in total. The Kier molecular flexibility index (Phi) is 3.91. The lowest BCUT2D eigenvalue weighted by molar-refractivity contribution is -0.386. The first-order valence-corrected chi connectivity index (χ1v) is 6.38. The van der Waals surface area contributed by atoms with Gasteiger partial charge in [-0.15, -0.1) is 11.3 Å². The highest BCUT2D eigenvalue weighted by Gasteiger charge is 2.17. The van der Waals surface area contributed by atoms with Gasteiger partial charge in [-0.3, -0.25) is 10.1 Å². The third-order valence-electron chi connectivity index (χ3n) is 2.47. The topological polar surface area (TPSA) is 104 Å². The Hall–Kier alpha value is -2.22. The van der Waals surface area contributed by atoms with E-state index in [0.29, 0.717) is 13.0 Å². The predicted octanol–water partition coefficient (Wildman–Crippen LogP) is 1.96. The number of pyridine rings is 1. The first-order valence-electron chi connectivity index (χ1n) is 5.50. The Bertz CT molecular complexity index is 599. The molecule has 0 spiro atoms. The monoisotopic (exact) mass is 280 g/mol. The van der Waals surface area contributed by atoms with Gasteiger partial charge in [-0.25, -0.2) is 4.98 Å². The smallest absolute Gasteiger partial charge is 0.331 e. The van der Waals surface area contributed by atoms with Gasteiger partial charge in [-0.2, -0.15) is 4.98 Å². The fourth-order valence-corrected chi connectivity index (χ4v) is 2.26. The van der Waals surface area contributed by atoms with Crippen LogP contribution >= 0.6 is 11.3 Å². The molecule has 0 aliphatic carbocycles. The van der Waals surface area contributed by atoms with E-state index in [0.717, 1.165) is 10.6 Å². The van der Waals surface area contributed by atoms with E-state index in [1.165, 1.54) is 23.5 Å². The molecule has 0 atom stereocenters. The van der Waals surface area contributed by atoms with E-state index >= 15 is 0 Å². The van der Waals surface area contributed by atoms with E-state index in [1.807, 2.05) is 6.92 Å². The second-order valence-corrected chi connectivity index (χ2v) is 4.72. The van der Waals surface area contributed by atoms with Crippen LogP contribution in [-0.4, -0.2) is 21.5 Å². The molecule has 0 bridgehead atoms. The summed E-state index contributed by atoms with van der Waals surface area (Å²) >= 11 is 1.53. The van der Waals surface area contributed by atoms with E-state index in [-0.39, 0.29) is 17.4 Å². The zero-order chi connectivity index (χ0) is 13.8. The summed E-state index contributed by atoms with van der Waals surface area (Å²) in [6.07, 6.45) is 0.629. The summed E-state index contributed by atoms with van der Waals surface area (Å²) in [7, 11) is 0. The maximum absolute atomic E-state index is 10.8. The Labute approximate surface area is 113 Å². The number of rotatable bonds is 5. The minimum absolute atomic E-state index is 0.0489. The highest BCUT2D eigenvalue weighted by atomic mass is 32.1. The van der Waals surface area contributed by atoms with Crippen molar-refractivity contribution in [2.75, 3.05) is 12.3 Å². The Balaban J connectivity index is 2.05. The van der Waals surface area contributed by atoms with Crippen LogP contribution in [0.1, 0.15) is 10.6 Å². The first-order chi connectivity index (χ1) is 9.08. The third-order valence-corrected chi connectivity index (χ3v) is 3.47. The lowest BCUT2D eigenvalue weighted by atomic mass is 10.3. The average Bonchev–Trinajstić information content (AvgIpc) is 2.75. The van der Waals surface area contributed by atoms with Gasteiger partial charge in [0.25, 0.3) is 5.88 Å². The standard InChI is InChI=1S/C11H12N4O3S/c1-7-9(19-6-13-7)4-5-18-11-8(15(16)17)2-3-10(12)14-11/h2-3,6H,4-5H2,1H3,(H2,12,14). The van der Waals surface area contributed by atoms with Crippen LogP contribution in [0, 0.1) is 17.0 Å². The summed E-state index contributed by atoms with van der Waals surface area (Å²) in [6, 6.07) is 2.66. The number of aryl methyl sites for hydroxylation is 1. The van der Waals surface area contributed by atoms with Crippen LogP contribution in [0.15, 0.2) is 17.6 Å². The van der Waals surface area contributed by atoms with Gasteiger partial charge in [0.15, 0.2) is 0 Å². The summed E-state index contributed by atoms with van der Waals surface area (Å²) in [5.41, 5.74) is 8.02. The van der Waals surface area contributed by atoms with Crippen molar-refractivity contribution >= 4 is 22.8 Å². The molecular weight excluding hydrogens is 268 g/mol. The molecule has 0 aromatic carbocycles. The summed E-state index contributed by atoms with van der Waals surface area (Å²) in [6.45, 7) is 2.20. The third kappa shape index (κ3) is 3.16. The minimum atomic E-state index is -0.542. The van der Waals surface area contributed by atoms with Crippen LogP contribution in [0.5, 0.6) is 5.88 Å². The number of hydrogen-bond acceptors (Lipinski definition) is 7. The normalized spacial score (nSPS) is 10.4. The molecule has 0 saturated heterocycles. The van der Waals surface area contributed by atoms with Crippen molar-refractivity contribution in [3.8, 4) is 5.88 Å². The fourth-order valence-electron chi connectivity index (χ4n) is 1.50. The zero-order valence-corrected chi connectivity index (χ0v) is 11.0. The van der Waals surface area contributed by atoms with Gasteiger partial charge in [-0.1, -0.05) is 0 Å². The lowest BCUT2D eigenvalue weighted by Gasteiger charge is -2.05. The molecule has 7 nitrogen and oxygen atoms in total. The molecule has 2 aromatic rings. The fraction of sp³-hybridized carbons (Fsp3) is 0.273. The van der Waals surface area contributed by atoms with Gasteiger partial charge in [0, 0.05) is 17.4 Å². The molecule has 0 aliphatic heterocycles. The second kappa shape index (κ2) is 5.61. The molecule has 0 radical (unpaired) electrons. The van der Waals surface area contributed by atoms with Crippen molar-refractivity contribution in [1.29, 1.82) is 0 Å². The molecule has 0 amide bonds. The maximum atomic E-state index is 10.8. The molecule has 2 rings (SSSR count). The predicted molar refractivity (Wildman–Crippen MR) is 71.4 cm³/mol. The number of nitrogens with two attached hydrogens (primary N) is 1.